The normalized spacial score (nSPS) is 12.1. The van der Waals surface area contributed by atoms with Crippen LogP contribution in [0.25, 0.3) is 11.4 Å². The summed E-state index contributed by atoms with van der Waals surface area (Å²) in [6, 6.07) is 9.88. The molecule has 0 aliphatic heterocycles. The molecular weight excluding hydrogens is 288 g/mol. The van der Waals surface area contributed by atoms with Crippen LogP contribution in [0.5, 0.6) is 0 Å². The lowest BCUT2D eigenvalue weighted by atomic mass is 10.2. The maximum Gasteiger partial charge on any atom is 0.130 e. The Morgan fingerprint density at radius 2 is 2.04 bits per heavy atom. The average Bonchev–Trinajstić information content (AvgIpc) is 3.04. The number of aryl methyl sites for hydroxylation is 2. The van der Waals surface area contributed by atoms with Crippen LogP contribution in [-0.4, -0.2) is 24.7 Å². The second-order valence-corrected chi connectivity index (χ2v) is 5.34. The monoisotopic (exact) mass is 308 g/mol. The molecule has 0 amide bonds. The third-order valence-electron chi connectivity index (χ3n) is 3.61. The first kappa shape index (κ1) is 15.1. The molecule has 23 heavy (non-hydrogen) atoms. The summed E-state index contributed by atoms with van der Waals surface area (Å²) < 4.78 is 1.92. The molecule has 0 aliphatic carbocycles. The topological polar surface area (TPSA) is 68.5 Å². The first-order valence-electron chi connectivity index (χ1n) is 7.72. The Morgan fingerprint density at radius 1 is 1.17 bits per heavy atom. The smallest absolute Gasteiger partial charge is 0.130 e. The molecule has 6 heteroatoms. The van der Waals surface area contributed by atoms with Crippen molar-refractivity contribution in [3.63, 3.8) is 0 Å². The zero-order valence-corrected chi connectivity index (χ0v) is 13.6. The quantitative estimate of drug-likeness (QED) is 0.783. The van der Waals surface area contributed by atoms with Crippen molar-refractivity contribution in [2.45, 2.75) is 33.4 Å². The highest BCUT2D eigenvalue weighted by Crippen LogP contribution is 2.22. The van der Waals surface area contributed by atoms with Crippen molar-refractivity contribution in [1.29, 1.82) is 0 Å². The van der Waals surface area contributed by atoms with E-state index in [1.165, 1.54) is 0 Å². The van der Waals surface area contributed by atoms with E-state index in [0.717, 1.165) is 35.3 Å². The number of hydrogen-bond acceptors (Lipinski definition) is 5. The molecule has 0 aliphatic rings. The van der Waals surface area contributed by atoms with Gasteiger partial charge in [0.05, 0.1) is 23.1 Å². The van der Waals surface area contributed by atoms with Crippen LogP contribution in [0.1, 0.15) is 31.4 Å². The highest BCUT2D eigenvalue weighted by atomic mass is 15.3. The number of nitrogens with one attached hydrogen (secondary N) is 1. The minimum Gasteiger partial charge on any atom is -0.362 e. The lowest BCUT2D eigenvalue weighted by molar-refractivity contribution is 0.665. The van der Waals surface area contributed by atoms with E-state index in [2.05, 4.69) is 39.2 Å². The highest BCUT2D eigenvalue weighted by molar-refractivity contribution is 5.59. The van der Waals surface area contributed by atoms with Crippen molar-refractivity contribution in [3.8, 4) is 11.4 Å². The fourth-order valence-electron chi connectivity index (χ4n) is 2.50. The number of hydrogen-bond donors (Lipinski definition) is 1. The van der Waals surface area contributed by atoms with Crippen molar-refractivity contribution in [2.75, 3.05) is 5.32 Å². The second-order valence-electron chi connectivity index (χ2n) is 5.34. The van der Waals surface area contributed by atoms with Crippen LogP contribution < -0.4 is 5.32 Å². The van der Waals surface area contributed by atoms with Crippen LogP contribution in [0.3, 0.4) is 0 Å². The van der Waals surface area contributed by atoms with Gasteiger partial charge in [0, 0.05) is 25.0 Å². The summed E-state index contributed by atoms with van der Waals surface area (Å²) in [6.45, 7) is 6.83. The van der Waals surface area contributed by atoms with Gasteiger partial charge in [-0.15, -0.1) is 0 Å². The molecule has 0 aromatic carbocycles. The Bertz CT molecular complexity index is 781. The van der Waals surface area contributed by atoms with Crippen molar-refractivity contribution in [3.05, 3.63) is 54.2 Å². The predicted octanol–water partition coefficient (Wildman–Crippen LogP) is 3.24. The van der Waals surface area contributed by atoms with Gasteiger partial charge in [-0.1, -0.05) is 6.07 Å². The molecule has 3 rings (SSSR count). The molecule has 0 saturated heterocycles. The maximum atomic E-state index is 4.54. The van der Waals surface area contributed by atoms with Crippen molar-refractivity contribution >= 4 is 5.82 Å². The number of nitrogens with zero attached hydrogens (tertiary/aromatic N) is 5. The van der Waals surface area contributed by atoms with Gasteiger partial charge in [0.15, 0.2) is 0 Å². The third-order valence-corrected chi connectivity index (χ3v) is 3.61. The fourth-order valence-corrected chi connectivity index (χ4v) is 2.50. The van der Waals surface area contributed by atoms with Gasteiger partial charge >= 0.3 is 0 Å². The molecule has 0 bridgehead atoms. The SMILES string of the molecule is CCn1nccc1-c1cc(N[C@@H](C)c2ccccn2)nc(C)n1. The van der Waals surface area contributed by atoms with Gasteiger partial charge in [0.25, 0.3) is 0 Å². The summed E-state index contributed by atoms with van der Waals surface area (Å²) in [5, 5.41) is 7.70. The van der Waals surface area contributed by atoms with E-state index in [1.807, 2.05) is 41.9 Å². The summed E-state index contributed by atoms with van der Waals surface area (Å²) in [5.74, 6) is 1.51. The molecule has 6 nitrogen and oxygen atoms in total. The van der Waals surface area contributed by atoms with E-state index in [9.17, 15) is 0 Å². The molecule has 1 atom stereocenters. The number of anilines is 1. The first-order chi connectivity index (χ1) is 11.2. The lowest BCUT2D eigenvalue weighted by Crippen LogP contribution is -2.11. The van der Waals surface area contributed by atoms with E-state index >= 15 is 0 Å². The molecule has 0 fully saturated rings. The number of rotatable bonds is 5. The van der Waals surface area contributed by atoms with E-state index in [-0.39, 0.29) is 6.04 Å². The Morgan fingerprint density at radius 3 is 2.78 bits per heavy atom. The molecule has 3 aromatic heterocycles. The van der Waals surface area contributed by atoms with Gasteiger partial charge < -0.3 is 5.32 Å². The zero-order valence-electron chi connectivity index (χ0n) is 13.6. The van der Waals surface area contributed by atoms with Crippen molar-refractivity contribution in [2.24, 2.45) is 0 Å². The Kier molecular flexibility index (Phi) is 4.32. The molecule has 118 valence electrons. The van der Waals surface area contributed by atoms with E-state index in [1.54, 1.807) is 12.4 Å². The van der Waals surface area contributed by atoms with Gasteiger partial charge in [-0.05, 0) is 39.0 Å². The maximum absolute atomic E-state index is 4.54. The summed E-state index contributed by atoms with van der Waals surface area (Å²) >= 11 is 0. The molecule has 0 spiro atoms. The van der Waals surface area contributed by atoms with Crippen LogP contribution in [0.2, 0.25) is 0 Å². The molecule has 0 radical (unpaired) electrons. The van der Waals surface area contributed by atoms with Gasteiger partial charge in [-0.25, -0.2) is 9.97 Å². The van der Waals surface area contributed by atoms with Crippen LogP contribution in [0, 0.1) is 6.92 Å². The van der Waals surface area contributed by atoms with Gasteiger partial charge in [-0.3, -0.25) is 9.67 Å². The minimum atomic E-state index is 0.0643. The van der Waals surface area contributed by atoms with Crippen molar-refractivity contribution < 1.29 is 0 Å². The fraction of sp³-hybridized carbons (Fsp3) is 0.294. The van der Waals surface area contributed by atoms with Gasteiger partial charge in [-0.2, -0.15) is 5.10 Å². The third kappa shape index (κ3) is 3.36. The summed E-state index contributed by atoms with van der Waals surface area (Å²) in [6.07, 6.45) is 3.59. The second kappa shape index (κ2) is 6.56. The minimum absolute atomic E-state index is 0.0643. The Balaban J connectivity index is 1.89. The molecule has 3 aromatic rings. The predicted molar refractivity (Wildman–Crippen MR) is 89.9 cm³/mol. The molecule has 3 heterocycles. The molecule has 1 N–H and O–H groups in total. The summed E-state index contributed by atoms with van der Waals surface area (Å²) in [5.41, 5.74) is 2.84. The van der Waals surface area contributed by atoms with Gasteiger partial charge in [0.2, 0.25) is 0 Å². The summed E-state index contributed by atoms with van der Waals surface area (Å²) in [4.78, 5) is 13.4. The Hall–Kier alpha value is -2.76. The molecular formula is C17H20N6. The van der Waals surface area contributed by atoms with Crippen LogP contribution in [0.15, 0.2) is 42.7 Å². The largest absolute Gasteiger partial charge is 0.362 e. The van der Waals surface area contributed by atoms with Gasteiger partial charge in [0.1, 0.15) is 11.6 Å². The van der Waals surface area contributed by atoms with Crippen LogP contribution in [-0.2, 0) is 6.54 Å². The lowest BCUT2D eigenvalue weighted by Gasteiger charge is -2.15. The highest BCUT2D eigenvalue weighted by Gasteiger charge is 2.11. The van der Waals surface area contributed by atoms with Crippen LogP contribution >= 0.6 is 0 Å². The van der Waals surface area contributed by atoms with E-state index < -0.39 is 0 Å². The first-order valence-corrected chi connectivity index (χ1v) is 7.72. The molecule has 0 unspecified atom stereocenters. The Labute approximate surface area is 135 Å². The summed E-state index contributed by atoms with van der Waals surface area (Å²) in [7, 11) is 0. The van der Waals surface area contributed by atoms with Crippen LogP contribution in [0.4, 0.5) is 5.82 Å². The standard InChI is InChI=1S/C17H20N6/c1-4-23-16(8-10-19-23)15-11-17(22-13(3)21-15)20-12(2)14-7-5-6-9-18-14/h5-12H,4H2,1-3H3,(H,20,21,22)/t12-/m0/s1. The van der Waals surface area contributed by atoms with Crippen molar-refractivity contribution in [1.82, 2.24) is 24.7 Å². The van der Waals surface area contributed by atoms with E-state index in [4.69, 9.17) is 0 Å². The average molecular weight is 308 g/mol. The number of pyridine rings is 1. The molecule has 0 saturated carbocycles. The number of aromatic nitrogens is 5. The van der Waals surface area contributed by atoms with E-state index in [0.29, 0.717) is 0 Å². The zero-order chi connectivity index (χ0) is 16.2.